The molecule has 0 atom stereocenters. The molecule has 0 fully saturated rings. The van der Waals surface area contributed by atoms with Gasteiger partial charge in [-0.05, 0) is 35.9 Å². The lowest BCUT2D eigenvalue weighted by atomic mass is 9.94. The number of pyridine rings is 1. The van der Waals surface area contributed by atoms with Crippen LogP contribution in [-0.4, -0.2) is 0 Å². The fraction of sp³-hybridized carbons (Fsp3) is 0.0870. The number of aromatic nitrogens is 1. The Morgan fingerprint density at radius 1 is 0.760 bits per heavy atom. The lowest BCUT2D eigenvalue weighted by Gasteiger charge is -2.16. The summed E-state index contributed by atoms with van der Waals surface area (Å²) >= 11 is 1.90. The predicted octanol–water partition coefficient (Wildman–Crippen LogP) is 5.72. The third-order valence-electron chi connectivity index (χ3n) is 5.42. The molecule has 1 nitrogen and oxygen atoms in total. The average molecular weight is 338 g/mol. The Labute approximate surface area is 149 Å². The molecule has 0 N–H and O–H groups in total. The number of fused-ring (bicyclic) bond motifs is 8. The van der Waals surface area contributed by atoms with Gasteiger partial charge in [0.2, 0.25) is 11.2 Å². The van der Waals surface area contributed by atoms with Gasteiger partial charge in [-0.15, -0.1) is 11.3 Å². The molecule has 0 radical (unpaired) electrons. The smallest absolute Gasteiger partial charge is 0.191 e. The van der Waals surface area contributed by atoms with Crippen LogP contribution in [0.5, 0.6) is 0 Å². The molecule has 3 aromatic carbocycles. The van der Waals surface area contributed by atoms with Crippen molar-refractivity contribution in [1.82, 2.24) is 0 Å². The van der Waals surface area contributed by atoms with Crippen LogP contribution in [0.4, 0.5) is 0 Å². The molecular formula is C23H16NS+. The minimum Gasteiger partial charge on any atom is -0.191 e. The Kier molecular flexibility index (Phi) is 2.66. The topological polar surface area (TPSA) is 3.88 Å². The summed E-state index contributed by atoms with van der Waals surface area (Å²) in [5, 5.41) is 4.12. The summed E-state index contributed by atoms with van der Waals surface area (Å²) in [5.74, 6) is 0. The number of benzene rings is 3. The molecule has 118 valence electrons. The van der Waals surface area contributed by atoms with Gasteiger partial charge in [-0.1, -0.05) is 30.3 Å². The molecule has 1 aliphatic heterocycles. The molecule has 1 aliphatic rings. The van der Waals surface area contributed by atoms with Crippen LogP contribution in [0.25, 0.3) is 42.3 Å². The lowest BCUT2D eigenvalue weighted by molar-refractivity contribution is -0.661. The molecule has 0 aliphatic carbocycles. The average Bonchev–Trinajstić information content (AvgIpc) is 3.03. The van der Waals surface area contributed by atoms with Crippen molar-refractivity contribution in [3.63, 3.8) is 0 Å². The number of para-hydroxylation sites is 1. The highest BCUT2D eigenvalue weighted by atomic mass is 32.1. The maximum atomic E-state index is 2.48. The molecule has 25 heavy (non-hydrogen) atoms. The minimum absolute atomic E-state index is 1.05. The first-order chi connectivity index (χ1) is 12.4. The van der Waals surface area contributed by atoms with E-state index in [4.69, 9.17) is 0 Å². The summed E-state index contributed by atoms with van der Waals surface area (Å²) in [7, 11) is 0. The van der Waals surface area contributed by atoms with Gasteiger partial charge in [0.1, 0.15) is 0 Å². The van der Waals surface area contributed by atoms with Crippen LogP contribution >= 0.6 is 11.3 Å². The van der Waals surface area contributed by atoms with E-state index in [1.54, 1.807) is 0 Å². The molecule has 2 aromatic heterocycles. The zero-order valence-corrected chi connectivity index (χ0v) is 14.5. The number of hydrogen-bond acceptors (Lipinski definition) is 1. The molecule has 3 heterocycles. The summed E-state index contributed by atoms with van der Waals surface area (Å²) in [6, 6.07) is 26.8. The minimum atomic E-state index is 1.05. The number of rotatable bonds is 0. The molecule has 0 saturated carbocycles. The first-order valence-corrected chi connectivity index (χ1v) is 9.56. The van der Waals surface area contributed by atoms with Crippen molar-refractivity contribution in [3.8, 4) is 11.3 Å². The van der Waals surface area contributed by atoms with Crippen molar-refractivity contribution in [2.75, 3.05) is 0 Å². The molecule has 0 amide bonds. The molecule has 0 unspecified atom stereocenters. The lowest BCUT2D eigenvalue weighted by Crippen LogP contribution is -2.41. The molecule has 0 bridgehead atoms. The normalized spacial score (nSPS) is 13.3. The monoisotopic (exact) mass is 338 g/mol. The predicted molar refractivity (Wildman–Crippen MR) is 106 cm³/mol. The van der Waals surface area contributed by atoms with Gasteiger partial charge in [0.15, 0.2) is 6.54 Å². The van der Waals surface area contributed by atoms with Crippen molar-refractivity contribution in [3.05, 3.63) is 78.4 Å². The van der Waals surface area contributed by atoms with Crippen molar-refractivity contribution >= 4 is 42.4 Å². The highest BCUT2D eigenvalue weighted by molar-refractivity contribution is 7.25. The van der Waals surface area contributed by atoms with Crippen LogP contribution in [0, 0.1) is 0 Å². The van der Waals surface area contributed by atoms with E-state index in [1.807, 2.05) is 11.3 Å². The first-order valence-electron chi connectivity index (χ1n) is 8.75. The van der Waals surface area contributed by atoms with Crippen LogP contribution in [0.1, 0.15) is 5.56 Å². The van der Waals surface area contributed by atoms with Crippen LogP contribution in [0.15, 0.2) is 72.8 Å². The third-order valence-corrected chi connectivity index (χ3v) is 6.56. The maximum absolute atomic E-state index is 2.48. The van der Waals surface area contributed by atoms with E-state index < -0.39 is 0 Å². The summed E-state index contributed by atoms with van der Waals surface area (Å²) in [5.41, 5.74) is 5.56. The standard InChI is InChI=1S/C23H16NS/c1-3-7-20-15(5-1)9-10-21-18-14-23-19(13-16(18)11-12-24(20)21)17-6-2-4-8-22(17)25-23/h1-10,13-14H,11-12H2/q+1. The second-order valence-electron chi connectivity index (χ2n) is 6.78. The van der Waals surface area contributed by atoms with E-state index in [9.17, 15) is 0 Å². The third kappa shape index (κ3) is 1.86. The molecule has 0 spiro atoms. The Morgan fingerprint density at radius 2 is 1.64 bits per heavy atom. The van der Waals surface area contributed by atoms with E-state index in [1.165, 1.54) is 47.9 Å². The quantitative estimate of drug-likeness (QED) is 0.318. The Morgan fingerprint density at radius 3 is 2.64 bits per heavy atom. The van der Waals surface area contributed by atoms with E-state index in [2.05, 4.69) is 77.4 Å². The number of thiophene rings is 1. The summed E-state index contributed by atoms with van der Waals surface area (Å²) in [6.07, 6.45) is 1.10. The SMILES string of the molecule is c1ccc2c(c1)ccc1[n+]2CCc2cc3c(cc2-1)sc1ccccc13. The van der Waals surface area contributed by atoms with E-state index >= 15 is 0 Å². The molecule has 6 rings (SSSR count). The van der Waals surface area contributed by atoms with Gasteiger partial charge in [-0.3, -0.25) is 0 Å². The maximum Gasteiger partial charge on any atom is 0.213 e. The highest BCUT2D eigenvalue weighted by Crippen LogP contribution is 2.39. The van der Waals surface area contributed by atoms with Gasteiger partial charge in [0.25, 0.3) is 0 Å². The van der Waals surface area contributed by atoms with E-state index in [0.717, 1.165) is 13.0 Å². The summed E-state index contributed by atoms with van der Waals surface area (Å²) < 4.78 is 5.25. The molecule has 0 saturated heterocycles. The zero-order valence-electron chi connectivity index (χ0n) is 13.7. The van der Waals surface area contributed by atoms with E-state index in [-0.39, 0.29) is 0 Å². The number of aryl methyl sites for hydroxylation is 2. The highest BCUT2D eigenvalue weighted by Gasteiger charge is 2.25. The molecule has 5 aromatic rings. The van der Waals surface area contributed by atoms with E-state index in [0.29, 0.717) is 0 Å². The van der Waals surface area contributed by atoms with Gasteiger partial charge >= 0.3 is 0 Å². The largest absolute Gasteiger partial charge is 0.213 e. The van der Waals surface area contributed by atoms with Crippen LogP contribution in [0.3, 0.4) is 0 Å². The summed E-state index contributed by atoms with van der Waals surface area (Å²) in [6.45, 7) is 1.05. The van der Waals surface area contributed by atoms with Crippen molar-refractivity contribution in [2.24, 2.45) is 0 Å². The van der Waals surface area contributed by atoms with Crippen LogP contribution < -0.4 is 4.57 Å². The van der Waals surface area contributed by atoms with Crippen molar-refractivity contribution < 1.29 is 4.57 Å². The van der Waals surface area contributed by atoms with Crippen LogP contribution in [0.2, 0.25) is 0 Å². The summed E-state index contributed by atoms with van der Waals surface area (Å²) in [4.78, 5) is 0. The van der Waals surface area contributed by atoms with Gasteiger partial charge in [-0.25, -0.2) is 0 Å². The fourth-order valence-electron chi connectivity index (χ4n) is 4.23. The Bertz CT molecular complexity index is 1300. The van der Waals surface area contributed by atoms with Crippen molar-refractivity contribution in [2.45, 2.75) is 13.0 Å². The second-order valence-corrected chi connectivity index (χ2v) is 7.87. The van der Waals surface area contributed by atoms with Crippen LogP contribution in [-0.2, 0) is 13.0 Å². The molecule has 2 heteroatoms. The Hall–Kier alpha value is -2.71. The number of nitrogens with zero attached hydrogens (tertiary/aromatic N) is 1. The number of hydrogen-bond donors (Lipinski definition) is 0. The van der Waals surface area contributed by atoms with Crippen molar-refractivity contribution in [1.29, 1.82) is 0 Å². The van der Waals surface area contributed by atoms with Gasteiger partial charge < -0.3 is 0 Å². The fourth-order valence-corrected chi connectivity index (χ4v) is 5.36. The zero-order chi connectivity index (χ0) is 16.4. The second kappa shape index (κ2) is 4.90. The first kappa shape index (κ1) is 13.6. The Balaban J connectivity index is 1.69. The van der Waals surface area contributed by atoms with Gasteiger partial charge in [-0.2, -0.15) is 4.57 Å². The van der Waals surface area contributed by atoms with Gasteiger partial charge in [0, 0.05) is 44.1 Å². The molecular weight excluding hydrogens is 322 g/mol. The van der Waals surface area contributed by atoms with Gasteiger partial charge in [0.05, 0.1) is 5.56 Å².